The number of Topliss-reactive ketones (excluding diaryl/α,β-unsaturated/α-hetero) is 1. The number of nitrogens with one attached hydrogen (secondary N) is 1. The molecule has 150 valence electrons. The molecule has 0 radical (unpaired) electrons. The molecule has 0 fully saturated rings. The van der Waals surface area contributed by atoms with Gasteiger partial charge in [-0.15, -0.1) is 0 Å². The van der Waals surface area contributed by atoms with E-state index in [1.807, 2.05) is 4.72 Å². The fraction of sp³-hybridized carbons (Fsp3) is 0.500. The van der Waals surface area contributed by atoms with Gasteiger partial charge < -0.3 is 9.64 Å². The van der Waals surface area contributed by atoms with E-state index in [9.17, 15) is 28.1 Å². The van der Waals surface area contributed by atoms with E-state index in [0.29, 0.717) is 0 Å². The monoisotopic (exact) mass is 401 g/mol. The molecule has 0 aliphatic rings. The van der Waals surface area contributed by atoms with Gasteiger partial charge in [-0.1, -0.05) is 20.8 Å². The van der Waals surface area contributed by atoms with Crippen molar-refractivity contribution in [2.45, 2.75) is 25.7 Å². The van der Waals surface area contributed by atoms with Crippen molar-refractivity contribution in [2.24, 2.45) is 5.41 Å². The Hall–Kier alpha value is -2.53. The number of anilines is 1. The number of carbonyl (C=O) groups excluding carboxylic acids is 2. The fourth-order valence-electron chi connectivity index (χ4n) is 1.85. The van der Waals surface area contributed by atoms with E-state index in [4.69, 9.17) is 4.74 Å². The Morgan fingerprint density at radius 2 is 1.85 bits per heavy atom. The molecule has 0 saturated heterocycles. The van der Waals surface area contributed by atoms with Gasteiger partial charge in [0.1, 0.15) is 12.2 Å². The smallest absolute Gasteiger partial charge is 0.321 e. The Morgan fingerprint density at radius 3 is 2.33 bits per heavy atom. The van der Waals surface area contributed by atoms with Crippen LogP contribution in [0.5, 0.6) is 0 Å². The van der Waals surface area contributed by atoms with Gasteiger partial charge in [-0.05, 0) is 12.1 Å². The lowest BCUT2D eigenvalue weighted by Crippen LogP contribution is -2.33. The Morgan fingerprint density at radius 1 is 1.26 bits per heavy atom. The summed E-state index contributed by atoms with van der Waals surface area (Å²) in [5.41, 5.74) is -0.840. The first-order valence-corrected chi connectivity index (χ1v) is 9.38. The van der Waals surface area contributed by atoms with E-state index in [2.05, 4.69) is 0 Å². The lowest BCUT2D eigenvalue weighted by Gasteiger charge is -2.16. The maximum Gasteiger partial charge on any atom is 0.321 e. The highest BCUT2D eigenvalue weighted by atomic mass is 32.2. The predicted molar refractivity (Wildman–Crippen MR) is 98.0 cm³/mol. The molecule has 11 heteroatoms. The number of nitrogens with zero attached hydrogens (tertiary/aromatic N) is 2. The van der Waals surface area contributed by atoms with Gasteiger partial charge in [0.05, 0.1) is 9.82 Å². The number of benzene rings is 1. The van der Waals surface area contributed by atoms with Crippen LogP contribution in [0.2, 0.25) is 0 Å². The van der Waals surface area contributed by atoms with Crippen LogP contribution in [0.15, 0.2) is 23.1 Å². The van der Waals surface area contributed by atoms with Crippen molar-refractivity contribution in [3.8, 4) is 0 Å². The summed E-state index contributed by atoms with van der Waals surface area (Å²) < 4.78 is 31.3. The van der Waals surface area contributed by atoms with Crippen molar-refractivity contribution in [3.05, 3.63) is 28.3 Å². The van der Waals surface area contributed by atoms with Crippen LogP contribution < -0.4 is 9.62 Å². The second-order valence-corrected chi connectivity index (χ2v) is 8.73. The van der Waals surface area contributed by atoms with E-state index in [1.54, 1.807) is 34.9 Å². The van der Waals surface area contributed by atoms with Crippen molar-refractivity contribution in [3.63, 3.8) is 0 Å². The number of rotatable bonds is 8. The molecular weight excluding hydrogens is 378 g/mol. The third-order valence-electron chi connectivity index (χ3n) is 3.54. The average Bonchev–Trinajstić information content (AvgIpc) is 2.56. The number of nitro benzene ring substituents is 1. The van der Waals surface area contributed by atoms with E-state index < -0.39 is 39.5 Å². The molecule has 0 heterocycles. The molecule has 0 atom stereocenters. The van der Waals surface area contributed by atoms with Crippen molar-refractivity contribution >= 4 is 33.2 Å². The Balaban J connectivity index is 2.84. The highest BCUT2D eigenvalue weighted by molar-refractivity contribution is 7.89. The Labute approximate surface area is 157 Å². The first-order chi connectivity index (χ1) is 12.3. The Kier molecular flexibility index (Phi) is 7.04. The van der Waals surface area contributed by atoms with Crippen LogP contribution in [-0.4, -0.2) is 52.3 Å². The molecule has 1 aromatic carbocycles. The number of hydrogen-bond donors (Lipinski definition) is 1. The highest BCUT2D eigenvalue weighted by Gasteiger charge is 2.25. The molecule has 0 amide bonds. The molecule has 0 aliphatic heterocycles. The number of carbonyl (C=O) groups is 2. The zero-order chi connectivity index (χ0) is 21.0. The van der Waals surface area contributed by atoms with E-state index in [0.717, 1.165) is 6.07 Å². The molecule has 0 saturated carbocycles. The minimum absolute atomic E-state index is 0.235. The zero-order valence-electron chi connectivity index (χ0n) is 15.8. The first kappa shape index (κ1) is 22.5. The molecule has 0 unspecified atom stereocenters. The second-order valence-electron chi connectivity index (χ2n) is 6.96. The molecule has 0 spiro atoms. The SMILES string of the molecule is CN(C)c1ccc(S(=O)(=O)NCC(=O)OCC(=O)C(C)(C)C)cc1[N+](=O)[O-]. The summed E-state index contributed by atoms with van der Waals surface area (Å²) in [7, 11) is -1.01. The van der Waals surface area contributed by atoms with Gasteiger partial charge in [0.2, 0.25) is 10.0 Å². The quantitative estimate of drug-likeness (QED) is 0.388. The number of ketones is 1. The van der Waals surface area contributed by atoms with Gasteiger partial charge in [-0.25, -0.2) is 8.42 Å². The van der Waals surface area contributed by atoms with Gasteiger partial charge in [0.25, 0.3) is 5.69 Å². The van der Waals surface area contributed by atoms with Crippen molar-refractivity contribution in [2.75, 3.05) is 32.1 Å². The normalized spacial score (nSPS) is 11.7. The third-order valence-corrected chi connectivity index (χ3v) is 4.94. The molecule has 10 nitrogen and oxygen atoms in total. The van der Waals surface area contributed by atoms with Crippen LogP contribution >= 0.6 is 0 Å². The maximum atomic E-state index is 12.3. The van der Waals surface area contributed by atoms with Crippen LogP contribution in [-0.2, 0) is 24.3 Å². The third kappa shape index (κ3) is 6.29. The summed E-state index contributed by atoms with van der Waals surface area (Å²) in [4.78, 5) is 34.9. The van der Waals surface area contributed by atoms with Crippen LogP contribution in [0.25, 0.3) is 0 Å². The van der Waals surface area contributed by atoms with Crippen LogP contribution in [0, 0.1) is 15.5 Å². The summed E-state index contributed by atoms with van der Waals surface area (Å²) in [5, 5.41) is 11.2. The van der Waals surface area contributed by atoms with E-state index in [1.165, 1.54) is 17.0 Å². The predicted octanol–water partition coefficient (Wildman–Crippen LogP) is 1.10. The fourth-order valence-corrected chi connectivity index (χ4v) is 2.83. The summed E-state index contributed by atoms with van der Waals surface area (Å²) in [6.45, 7) is 3.82. The van der Waals surface area contributed by atoms with E-state index in [-0.39, 0.29) is 22.1 Å². The van der Waals surface area contributed by atoms with Gasteiger partial charge in [-0.2, -0.15) is 4.72 Å². The molecule has 1 N–H and O–H groups in total. The van der Waals surface area contributed by atoms with Gasteiger partial charge >= 0.3 is 5.97 Å². The largest absolute Gasteiger partial charge is 0.457 e. The number of esters is 1. The van der Waals surface area contributed by atoms with Gasteiger partial charge in [0, 0.05) is 25.6 Å². The molecule has 0 bridgehead atoms. The summed E-state index contributed by atoms with van der Waals surface area (Å²) >= 11 is 0. The second kappa shape index (κ2) is 8.44. The average molecular weight is 401 g/mol. The van der Waals surface area contributed by atoms with Gasteiger partial charge in [0.15, 0.2) is 12.4 Å². The molecular formula is C16H23N3O7S. The van der Waals surface area contributed by atoms with Crippen molar-refractivity contribution in [1.29, 1.82) is 0 Å². The van der Waals surface area contributed by atoms with Crippen LogP contribution in [0.4, 0.5) is 11.4 Å². The number of nitro groups is 1. The molecule has 27 heavy (non-hydrogen) atoms. The van der Waals surface area contributed by atoms with Crippen molar-refractivity contribution < 1.29 is 27.7 Å². The molecule has 0 aromatic heterocycles. The summed E-state index contributed by atoms with van der Waals surface area (Å²) in [6, 6.07) is 3.40. The van der Waals surface area contributed by atoms with Crippen molar-refractivity contribution in [1.82, 2.24) is 4.72 Å². The molecule has 1 rings (SSSR count). The van der Waals surface area contributed by atoms with E-state index >= 15 is 0 Å². The number of hydrogen-bond acceptors (Lipinski definition) is 8. The lowest BCUT2D eigenvalue weighted by atomic mass is 9.91. The minimum Gasteiger partial charge on any atom is -0.457 e. The summed E-state index contributed by atoms with van der Waals surface area (Å²) in [5.74, 6) is -1.25. The Bertz CT molecular complexity index is 842. The van der Waals surface area contributed by atoms with Crippen LogP contribution in [0.1, 0.15) is 20.8 Å². The standard InChI is InChI=1S/C16H23N3O7S/c1-16(2,3)14(20)10-26-15(21)9-17-27(24,25)11-6-7-12(18(4)5)13(8-11)19(22)23/h6-8,17H,9-10H2,1-5H3. The number of sulfonamides is 1. The maximum absolute atomic E-state index is 12.3. The minimum atomic E-state index is -4.18. The molecule has 1 aromatic rings. The lowest BCUT2D eigenvalue weighted by molar-refractivity contribution is -0.384. The zero-order valence-corrected chi connectivity index (χ0v) is 16.6. The first-order valence-electron chi connectivity index (χ1n) is 7.90. The highest BCUT2D eigenvalue weighted by Crippen LogP contribution is 2.29. The number of ether oxygens (including phenoxy) is 1. The van der Waals surface area contributed by atoms with Gasteiger partial charge in [-0.3, -0.25) is 19.7 Å². The topological polar surface area (TPSA) is 136 Å². The molecule has 0 aliphatic carbocycles. The summed E-state index contributed by atoms with van der Waals surface area (Å²) in [6.07, 6.45) is 0. The van der Waals surface area contributed by atoms with Crippen LogP contribution in [0.3, 0.4) is 0 Å².